The number of ether oxygens (including phenoxy) is 1. The van der Waals surface area contributed by atoms with E-state index >= 15 is 0 Å². The van der Waals surface area contributed by atoms with E-state index < -0.39 is 11.7 Å². The fourth-order valence-electron chi connectivity index (χ4n) is 3.47. The molecule has 35 heavy (non-hydrogen) atoms. The number of aliphatic imine (C=N–C) groups is 1. The Morgan fingerprint density at radius 1 is 1.26 bits per heavy atom. The maximum Gasteiger partial charge on any atom is 0.233 e. The molecule has 0 saturated carbocycles. The van der Waals surface area contributed by atoms with E-state index in [4.69, 9.17) is 27.9 Å². The largest absolute Gasteiger partial charge is 0.494 e. The van der Waals surface area contributed by atoms with Gasteiger partial charge in [0.2, 0.25) is 5.91 Å². The number of carbonyl (C=O) groups is 1. The van der Waals surface area contributed by atoms with E-state index in [0.29, 0.717) is 17.9 Å². The van der Waals surface area contributed by atoms with Crippen molar-refractivity contribution in [2.45, 2.75) is 25.2 Å². The number of hydrogen-bond acceptors (Lipinski definition) is 5. The van der Waals surface area contributed by atoms with E-state index in [9.17, 15) is 13.6 Å². The average molecular weight is 541 g/mol. The number of aromatic nitrogens is 2. The van der Waals surface area contributed by atoms with Crippen LogP contribution in [0.1, 0.15) is 30.7 Å². The molecule has 1 amide bonds. The van der Waals surface area contributed by atoms with E-state index in [1.807, 2.05) is 0 Å². The second-order valence-corrected chi connectivity index (χ2v) is 9.04. The molecule has 0 fully saturated rings. The van der Waals surface area contributed by atoms with Crippen molar-refractivity contribution in [3.05, 3.63) is 71.3 Å². The second-order valence-electron chi connectivity index (χ2n) is 7.48. The second kappa shape index (κ2) is 12.9. The topological polar surface area (TPSA) is 68.5 Å². The molecular weight excluding hydrogens is 517 g/mol. The summed E-state index contributed by atoms with van der Waals surface area (Å²) in [6, 6.07) is 8.61. The van der Waals surface area contributed by atoms with Crippen LogP contribution in [0, 0.1) is 11.6 Å². The standard InChI is InChI=1S/C24H24Cl2F2N4O2S/c1-34-20-12-17(11-19(28)22(20)32-13-21(26)29-14-32)30-24(35-2)31-23(33)18(5-3-4-10-25)15-6-8-16(27)9-7-15/h6-9,11-14,18H,3-5,10H2,1-2H3,(H,30,31,33). The summed E-state index contributed by atoms with van der Waals surface area (Å²) in [6.45, 7) is 0. The summed E-state index contributed by atoms with van der Waals surface area (Å²) >= 11 is 12.9. The van der Waals surface area contributed by atoms with Gasteiger partial charge in [-0.2, -0.15) is 0 Å². The Hall–Kier alpha value is -2.62. The van der Waals surface area contributed by atoms with Crippen LogP contribution in [0.15, 0.2) is 53.9 Å². The maximum absolute atomic E-state index is 15.0. The summed E-state index contributed by atoms with van der Waals surface area (Å²) in [4.78, 5) is 21.5. The number of nitrogens with one attached hydrogen (secondary N) is 1. The van der Waals surface area contributed by atoms with Crippen LogP contribution in [-0.2, 0) is 4.79 Å². The number of methoxy groups -OCH3 is 1. The van der Waals surface area contributed by atoms with Crippen LogP contribution in [0.2, 0.25) is 5.15 Å². The van der Waals surface area contributed by atoms with E-state index in [1.54, 1.807) is 24.5 Å². The highest BCUT2D eigenvalue weighted by atomic mass is 35.5. The summed E-state index contributed by atoms with van der Waals surface area (Å²) in [5.74, 6) is -1.09. The SMILES string of the molecule is COc1cc(N=C(NC(=O)C(CCCCCl)c2ccc(F)cc2)SC)cc(F)c1-n1cnc(Cl)c1. The number of alkyl halides is 1. The average Bonchev–Trinajstić information content (AvgIpc) is 3.27. The Bertz CT molecular complexity index is 1190. The fraction of sp³-hybridized carbons (Fsp3) is 0.292. The highest BCUT2D eigenvalue weighted by Crippen LogP contribution is 2.32. The summed E-state index contributed by atoms with van der Waals surface area (Å²) < 4.78 is 35.2. The van der Waals surface area contributed by atoms with Crippen LogP contribution in [0.4, 0.5) is 14.5 Å². The van der Waals surface area contributed by atoms with Crippen LogP contribution >= 0.6 is 35.0 Å². The van der Waals surface area contributed by atoms with Crippen molar-refractivity contribution in [1.82, 2.24) is 14.9 Å². The molecule has 3 aromatic rings. The third-order valence-corrected chi connectivity index (χ3v) is 6.20. The molecule has 0 aliphatic rings. The Labute approximate surface area is 216 Å². The predicted octanol–water partition coefficient (Wildman–Crippen LogP) is 6.47. The highest BCUT2D eigenvalue weighted by molar-refractivity contribution is 8.13. The van der Waals surface area contributed by atoms with Gasteiger partial charge in [-0.1, -0.05) is 41.9 Å². The van der Waals surface area contributed by atoms with Crippen LogP contribution in [0.25, 0.3) is 5.69 Å². The van der Waals surface area contributed by atoms with Gasteiger partial charge in [-0.25, -0.2) is 18.8 Å². The number of hydrogen-bond donors (Lipinski definition) is 1. The van der Waals surface area contributed by atoms with Crippen molar-refractivity contribution in [2.24, 2.45) is 4.99 Å². The first-order valence-electron chi connectivity index (χ1n) is 10.7. The molecule has 1 heterocycles. The first kappa shape index (κ1) is 27.0. The van der Waals surface area contributed by atoms with Crippen molar-refractivity contribution in [3.8, 4) is 11.4 Å². The van der Waals surface area contributed by atoms with E-state index in [2.05, 4.69) is 15.3 Å². The van der Waals surface area contributed by atoms with Gasteiger partial charge >= 0.3 is 0 Å². The normalized spacial score (nSPS) is 12.5. The summed E-state index contributed by atoms with van der Waals surface area (Å²) in [5.41, 5.74) is 1.07. The summed E-state index contributed by atoms with van der Waals surface area (Å²) in [7, 11) is 1.41. The Balaban J connectivity index is 1.86. The molecule has 6 nitrogen and oxygen atoms in total. The molecule has 1 aromatic heterocycles. The first-order chi connectivity index (χ1) is 16.9. The minimum absolute atomic E-state index is 0.135. The molecule has 0 aliphatic heterocycles. The zero-order valence-corrected chi connectivity index (χ0v) is 21.4. The van der Waals surface area contributed by atoms with E-state index in [-0.39, 0.29) is 39.2 Å². The molecule has 3 rings (SSSR count). The molecule has 2 aromatic carbocycles. The molecule has 0 aliphatic carbocycles. The molecule has 0 spiro atoms. The number of thioether (sulfide) groups is 1. The lowest BCUT2D eigenvalue weighted by Gasteiger charge is -2.18. The third-order valence-electron chi connectivity index (χ3n) is 5.16. The lowest BCUT2D eigenvalue weighted by molar-refractivity contribution is -0.121. The monoisotopic (exact) mass is 540 g/mol. The number of rotatable bonds is 9. The Morgan fingerprint density at radius 2 is 2.00 bits per heavy atom. The fourth-order valence-corrected chi connectivity index (χ4v) is 4.21. The van der Waals surface area contributed by atoms with Gasteiger partial charge in [-0.3, -0.25) is 9.36 Å². The van der Waals surface area contributed by atoms with Crippen LogP contribution in [-0.4, -0.2) is 39.9 Å². The number of imidazole rings is 1. The minimum atomic E-state index is -0.603. The number of halogens is 4. The molecule has 11 heteroatoms. The zero-order valence-electron chi connectivity index (χ0n) is 19.1. The number of unbranched alkanes of at least 4 members (excludes halogenated alkanes) is 1. The molecule has 1 N–H and O–H groups in total. The smallest absolute Gasteiger partial charge is 0.233 e. The molecule has 0 saturated heterocycles. The predicted molar refractivity (Wildman–Crippen MR) is 138 cm³/mol. The van der Waals surface area contributed by atoms with Gasteiger partial charge in [0.15, 0.2) is 11.0 Å². The van der Waals surface area contributed by atoms with Gasteiger partial charge < -0.3 is 10.1 Å². The van der Waals surface area contributed by atoms with Crippen molar-refractivity contribution in [2.75, 3.05) is 19.2 Å². The number of amides is 1. The summed E-state index contributed by atoms with van der Waals surface area (Å²) in [6.07, 6.45) is 6.60. The molecule has 0 radical (unpaired) electrons. The maximum atomic E-state index is 15.0. The number of nitrogens with zero attached hydrogens (tertiary/aromatic N) is 3. The van der Waals surface area contributed by atoms with Crippen LogP contribution < -0.4 is 10.1 Å². The van der Waals surface area contributed by atoms with E-state index in [0.717, 1.165) is 12.8 Å². The Kier molecular flexibility index (Phi) is 9.94. The van der Waals surface area contributed by atoms with Gasteiger partial charge in [0.1, 0.15) is 28.7 Å². The highest BCUT2D eigenvalue weighted by Gasteiger charge is 2.22. The summed E-state index contributed by atoms with van der Waals surface area (Å²) in [5, 5.41) is 3.30. The molecular formula is C24H24Cl2F2N4O2S. The van der Waals surface area contributed by atoms with Gasteiger partial charge in [0.25, 0.3) is 0 Å². The first-order valence-corrected chi connectivity index (χ1v) is 12.8. The van der Waals surface area contributed by atoms with Gasteiger partial charge in [-0.15, -0.1) is 11.6 Å². The van der Waals surface area contributed by atoms with Crippen molar-refractivity contribution >= 4 is 51.7 Å². The van der Waals surface area contributed by atoms with Crippen molar-refractivity contribution < 1.29 is 18.3 Å². The number of carbonyl (C=O) groups excluding carboxylic acids is 1. The zero-order chi connectivity index (χ0) is 25.4. The molecule has 1 atom stereocenters. The molecule has 1 unspecified atom stereocenters. The van der Waals surface area contributed by atoms with Gasteiger partial charge in [0.05, 0.1) is 18.7 Å². The lowest BCUT2D eigenvalue weighted by atomic mass is 9.93. The Morgan fingerprint density at radius 3 is 2.60 bits per heavy atom. The number of benzene rings is 2. The van der Waals surface area contributed by atoms with Crippen LogP contribution in [0.3, 0.4) is 0 Å². The van der Waals surface area contributed by atoms with Gasteiger partial charge in [0, 0.05) is 24.2 Å². The minimum Gasteiger partial charge on any atom is -0.494 e. The third kappa shape index (κ3) is 7.19. The quantitative estimate of drug-likeness (QED) is 0.146. The molecule has 186 valence electrons. The van der Waals surface area contributed by atoms with Crippen molar-refractivity contribution in [3.63, 3.8) is 0 Å². The lowest BCUT2D eigenvalue weighted by Crippen LogP contribution is -2.33. The van der Waals surface area contributed by atoms with Crippen LogP contribution in [0.5, 0.6) is 5.75 Å². The van der Waals surface area contributed by atoms with E-state index in [1.165, 1.54) is 54.2 Å². The van der Waals surface area contributed by atoms with Gasteiger partial charge in [-0.05, 0) is 36.8 Å². The number of amidine groups is 1. The molecule has 0 bridgehead atoms. The van der Waals surface area contributed by atoms with Crippen molar-refractivity contribution in [1.29, 1.82) is 0 Å².